The average Bonchev–Trinajstić information content (AvgIpc) is 2.67. The molecule has 0 bridgehead atoms. The van der Waals surface area contributed by atoms with Gasteiger partial charge in [-0.15, -0.1) is 0 Å². The van der Waals surface area contributed by atoms with Gasteiger partial charge in [0.15, 0.2) is 0 Å². The topological polar surface area (TPSA) is 61.8 Å². The highest BCUT2D eigenvalue weighted by molar-refractivity contribution is 6.03. The molecule has 0 aliphatic carbocycles. The third kappa shape index (κ3) is 4.70. The Morgan fingerprint density at radius 3 is 1.81 bits per heavy atom. The number of hydrogen-bond acceptors (Lipinski definition) is 5. The molecule has 0 aliphatic heterocycles. The Labute approximate surface area is 153 Å². The molecule has 2 aromatic carbocycles. The zero-order valence-electron chi connectivity index (χ0n) is 15.4. The highest BCUT2D eigenvalue weighted by Gasteiger charge is 2.45. The fourth-order valence-electron chi connectivity index (χ4n) is 2.39. The van der Waals surface area contributed by atoms with Crippen LogP contribution in [0.3, 0.4) is 0 Å². The molecule has 0 aromatic heterocycles. The Morgan fingerprint density at radius 2 is 1.31 bits per heavy atom. The molecule has 0 amide bonds. The van der Waals surface area contributed by atoms with E-state index in [0.717, 1.165) is 16.7 Å². The minimum absolute atomic E-state index is 0.0865. The number of esters is 2. The minimum Gasteiger partial charge on any atom is -0.463 e. The predicted molar refractivity (Wildman–Crippen MR) is 98.3 cm³/mol. The first-order chi connectivity index (χ1) is 12.5. The van der Waals surface area contributed by atoms with Crippen LogP contribution in [0.15, 0.2) is 54.6 Å². The lowest BCUT2D eigenvalue weighted by Gasteiger charge is -2.25. The molecule has 5 nitrogen and oxygen atoms in total. The zero-order chi connectivity index (χ0) is 19.0. The Morgan fingerprint density at radius 1 is 0.808 bits per heavy atom. The van der Waals surface area contributed by atoms with Gasteiger partial charge < -0.3 is 14.2 Å². The Hall–Kier alpha value is -2.66. The van der Waals surface area contributed by atoms with Gasteiger partial charge in [0.05, 0.1) is 19.8 Å². The molecule has 0 atom stereocenters. The summed E-state index contributed by atoms with van der Waals surface area (Å²) in [4.78, 5) is 24.4. The van der Waals surface area contributed by atoms with Crippen LogP contribution in [0.5, 0.6) is 0 Å². The highest BCUT2D eigenvalue weighted by atomic mass is 16.6. The number of benzene rings is 2. The molecule has 0 fully saturated rings. The van der Waals surface area contributed by atoms with Crippen LogP contribution >= 0.6 is 0 Å². The molecule has 0 radical (unpaired) electrons. The standard InChI is InChI=1S/C21H24O5/c1-4-24-19(22)21(3,20(23)25-5-2)26-15-16-11-13-18(14-12-16)17-9-7-6-8-10-17/h6-14H,4-5,15H2,1-3H3. The van der Waals surface area contributed by atoms with Crippen LogP contribution in [0.1, 0.15) is 26.3 Å². The van der Waals surface area contributed by atoms with E-state index in [1.807, 2.05) is 54.6 Å². The maximum atomic E-state index is 12.2. The second-order valence-corrected chi connectivity index (χ2v) is 5.83. The summed E-state index contributed by atoms with van der Waals surface area (Å²) < 4.78 is 15.6. The molecular weight excluding hydrogens is 332 g/mol. The summed E-state index contributed by atoms with van der Waals surface area (Å²) in [6.07, 6.45) is 0. The van der Waals surface area contributed by atoms with Crippen molar-refractivity contribution in [3.63, 3.8) is 0 Å². The van der Waals surface area contributed by atoms with E-state index in [1.165, 1.54) is 6.92 Å². The molecule has 138 valence electrons. The second-order valence-electron chi connectivity index (χ2n) is 5.83. The largest absolute Gasteiger partial charge is 0.463 e. The summed E-state index contributed by atoms with van der Waals surface area (Å²) in [6.45, 7) is 5.12. The predicted octanol–water partition coefficient (Wildman–Crippen LogP) is 3.76. The van der Waals surface area contributed by atoms with Crippen molar-refractivity contribution >= 4 is 11.9 Å². The lowest BCUT2D eigenvalue weighted by Crippen LogP contribution is -2.48. The van der Waals surface area contributed by atoms with Crippen LogP contribution < -0.4 is 0 Å². The number of carbonyl (C=O) groups is 2. The highest BCUT2D eigenvalue weighted by Crippen LogP contribution is 2.22. The SMILES string of the molecule is CCOC(=O)C(C)(OCc1ccc(-c2ccccc2)cc1)C(=O)OCC. The van der Waals surface area contributed by atoms with E-state index in [4.69, 9.17) is 14.2 Å². The molecule has 0 saturated heterocycles. The van der Waals surface area contributed by atoms with Crippen LogP contribution in [0.25, 0.3) is 11.1 Å². The zero-order valence-corrected chi connectivity index (χ0v) is 15.4. The third-order valence-electron chi connectivity index (χ3n) is 3.92. The van der Waals surface area contributed by atoms with Crippen LogP contribution in [-0.2, 0) is 30.4 Å². The smallest absolute Gasteiger partial charge is 0.349 e. The summed E-state index contributed by atoms with van der Waals surface area (Å²) in [5, 5.41) is 0. The third-order valence-corrected chi connectivity index (χ3v) is 3.92. The van der Waals surface area contributed by atoms with Crippen molar-refractivity contribution in [3.05, 3.63) is 60.2 Å². The fraction of sp³-hybridized carbons (Fsp3) is 0.333. The monoisotopic (exact) mass is 356 g/mol. The van der Waals surface area contributed by atoms with Gasteiger partial charge in [-0.25, -0.2) is 9.59 Å². The Bertz CT molecular complexity index is 704. The molecule has 26 heavy (non-hydrogen) atoms. The first-order valence-corrected chi connectivity index (χ1v) is 8.64. The van der Waals surface area contributed by atoms with E-state index in [1.54, 1.807) is 13.8 Å². The number of rotatable bonds is 8. The average molecular weight is 356 g/mol. The van der Waals surface area contributed by atoms with Crippen molar-refractivity contribution in [3.8, 4) is 11.1 Å². The number of ether oxygens (including phenoxy) is 3. The molecule has 2 rings (SSSR count). The molecule has 0 aliphatic rings. The van der Waals surface area contributed by atoms with Gasteiger partial charge in [-0.3, -0.25) is 0 Å². The van der Waals surface area contributed by atoms with Crippen molar-refractivity contribution in [1.82, 2.24) is 0 Å². The van der Waals surface area contributed by atoms with Crippen molar-refractivity contribution in [2.75, 3.05) is 13.2 Å². The van der Waals surface area contributed by atoms with Gasteiger partial charge in [0.2, 0.25) is 0 Å². The number of hydrogen-bond donors (Lipinski definition) is 0. The van der Waals surface area contributed by atoms with Gasteiger partial charge >= 0.3 is 11.9 Å². The van der Waals surface area contributed by atoms with Gasteiger partial charge in [0.25, 0.3) is 5.60 Å². The van der Waals surface area contributed by atoms with Crippen molar-refractivity contribution in [1.29, 1.82) is 0 Å². The van der Waals surface area contributed by atoms with E-state index >= 15 is 0 Å². The normalized spacial score (nSPS) is 11.0. The van der Waals surface area contributed by atoms with Crippen LogP contribution in [0, 0.1) is 0 Å². The summed E-state index contributed by atoms with van der Waals surface area (Å²) in [5.41, 5.74) is 1.24. The Balaban J connectivity index is 2.10. The lowest BCUT2D eigenvalue weighted by atomic mass is 10.0. The van der Waals surface area contributed by atoms with Crippen LogP contribution in [-0.4, -0.2) is 30.8 Å². The summed E-state index contributed by atoms with van der Waals surface area (Å²) in [5.74, 6) is -1.50. The van der Waals surface area contributed by atoms with E-state index in [9.17, 15) is 9.59 Å². The molecular formula is C21H24O5. The molecule has 0 saturated carbocycles. The minimum atomic E-state index is -1.79. The van der Waals surface area contributed by atoms with E-state index < -0.39 is 17.5 Å². The quantitative estimate of drug-likeness (QED) is 0.532. The molecule has 0 spiro atoms. The summed E-state index contributed by atoms with van der Waals surface area (Å²) in [6, 6.07) is 17.7. The van der Waals surface area contributed by atoms with E-state index in [2.05, 4.69) is 0 Å². The maximum Gasteiger partial charge on any atom is 0.349 e. The Kier molecular flexibility index (Phi) is 6.92. The molecule has 0 N–H and O–H groups in total. The van der Waals surface area contributed by atoms with E-state index in [-0.39, 0.29) is 19.8 Å². The lowest BCUT2D eigenvalue weighted by molar-refractivity contribution is -0.190. The van der Waals surface area contributed by atoms with Crippen molar-refractivity contribution in [2.24, 2.45) is 0 Å². The summed E-state index contributed by atoms with van der Waals surface area (Å²) in [7, 11) is 0. The molecule has 0 unspecified atom stereocenters. The molecule has 0 heterocycles. The first-order valence-electron chi connectivity index (χ1n) is 8.64. The maximum absolute atomic E-state index is 12.2. The second kappa shape index (κ2) is 9.15. The molecule has 2 aromatic rings. The van der Waals surface area contributed by atoms with Crippen molar-refractivity contribution < 1.29 is 23.8 Å². The van der Waals surface area contributed by atoms with E-state index in [0.29, 0.717) is 0 Å². The molecule has 5 heteroatoms. The summed E-state index contributed by atoms with van der Waals surface area (Å²) >= 11 is 0. The van der Waals surface area contributed by atoms with Crippen molar-refractivity contribution in [2.45, 2.75) is 33.0 Å². The fourth-order valence-corrected chi connectivity index (χ4v) is 2.39. The van der Waals surface area contributed by atoms with Gasteiger partial charge in [-0.1, -0.05) is 54.6 Å². The van der Waals surface area contributed by atoms with Gasteiger partial charge in [-0.2, -0.15) is 0 Å². The first kappa shape index (κ1) is 19.7. The van der Waals surface area contributed by atoms with Gasteiger partial charge in [0.1, 0.15) is 0 Å². The number of carbonyl (C=O) groups excluding carboxylic acids is 2. The van der Waals surface area contributed by atoms with Crippen LogP contribution in [0.2, 0.25) is 0 Å². The van der Waals surface area contributed by atoms with Crippen LogP contribution in [0.4, 0.5) is 0 Å². The van der Waals surface area contributed by atoms with Gasteiger partial charge in [-0.05, 0) is 37.5 Å². The van der Waals surface area contributed by atoms with Gasteiger partial charge in [0, 0.05) is 0 Å².